The number of hydrogen-bond acceptors (Lipinski definition) is 3. The number of anilines is 1. The van der Waals surface area contributed by atoms with E-state index in [0.29, 0.717) is 11.3 Å². The fraction of sp³-hybridized carbons (Fsp3) is 0.500. The molecule has 118 valence electrons. The molecule has 7 heteroatoms. The summed E-state index contributed by atoms with van der Waals surface area (Å²) in [5, 5.41) is 5.40. The van der Waals surface area contributed by atoms with Crippen LogP contribution in [0.2, 0.25) is 0 Å². The van der Waals surface area contributed by atoms with Gasteiger partial charge in [-0.25, -0.2) is 17.5 Å². The van der Waals surface area contributed by atoms with Gasteiger partial charge in [-0.3, -0.25) is 0 Å². The maximum Gasteiger partial charge on any atom is 0.319 e. The van der Waals surface area contributed by atoms with Crippen molar-refractivity contribution in [1.82, 2.24) is 9.62 Å². The Labute approximate surface area is 126 Å². The third kappa shape index (κ3) is 4.71. The number of rotatable bonds is 3. The Hall–Kier alpha value is -1.60. The van der Waals surface area contributed by atoms with Gasteiger partial charge in [0.25, 0.3) is 0 Å². The van der Waals surface area contributed by atoms with Crippen molar-refractivity contribution < 1.29 is 13.2 Å². The first kappa shape index (κ1) is 17.5. The highest BCUT2D eigenvalue weighted by Crippen LogP contribution is 2.22. The van der Waals surface area contributed by atoms with Gasteiger partial charge in [0.05, 0.1) is 4.90 Å². The predicted molar refractivity (Wildman–Crippen MR) is 84.0 cm³/mol. The van der Waals surface area contributed by atoms with Crippen LogP contribution in [-0.2, 0) is 10.0 Å². The van der Waals surface area contributed by atoms with Crippen LogP contribution in [0.3, 0.4) is 0 Å². The monoisotopic (exact) mass is 313 g/mol. The van der Waals surface area contributed by atoms with Crippen molar-refractivity contribution in [3.8, 4) is 0 Å². The van der Waals surface area contributed by atoms with E-state index in [9.17, 15) is 13.2 Å². The van der Waals surface area contributed by atoms with Crippen molar-refractivity contribution >= 4 is 21.7 Å². The minimum atomic E-state index is -3.54. The van der Waals surface area contributed by atoms with Gasteiger partial charge in [-0.1, -0.05) is 6.07 Å². The van der Waals surface area contributed by atoms with E-state index in [2.05, 4.69) is 10.6 Å². The first-order valence-electron chi connectivity index (χ1n) is 6.56. The van der Waals surface area contributed by atoms with Gasteiger partial charge in [-0.2, -0.15) is 0 Å². The largest absolute Gasteiger partial charge is 0.333 e. The molecule has 0 saturated heterocycles. The molecular weight excluding hydrogens is 290 g/mol. The third-order valence-corrected chi connectivity index (χ3v) is 4.65. The lowest BCUT2D eigenvalue weighted by molar-refractivity contribution is 0.244. The van der Waals surface area contributed by atoms with Gasteiger partial charge in [-0.05, 0) is 45.4 Å². The van der Waals surface area contributed by atoms with E-state index in [-0.39, 0.29) is 16.5 Å². The average Bonchev–Trinajstić information content (AvgIpc) is 2.28. The number of carbonyl (C=O) groups is 1. The van der Waals surface area contributed by atoms with Gasteiger partial charge >= 0.3 is 6.03 Å². The molecule has 0 aromatic heterocycles. The van der Waals surface area contributed by atoms with Crippen molar-refractivity contribution in [3.05, 3.63) is 23.8 Å². The van der Waals surface area contributed by atoms with Crippen LogP contribution in [0.25, 0.3) is 0 Å². The van der Waals surface area contributed by atoms with Gasteiger partial charge in [0.15, 0.2) is 0 Å². The summed E-state index contributed by atoms with van der Waals surface area (Å²) in [6.07, 6.45) is 0. The van der Waals surface area contributed by atoms with Crippen molar-refractivity contribution in [2.75, 3.05) is 19.4 Å². The van der Waals surface area contributed by atoms with Crippen LogP contribution < -0.4 is 10.6 Å². The predicted octanol–water partition coefficient (Wildman–Crippen LogP) is 2.17. The average molecular weight is 313 g/mol. The Morgan fingerprint density at radius 2 is 1.76 bits per heavy atom. The molecule has 1 aromatic carbocycles. The SMILES string of the molecule is Cc1ccc(NC(=O)NC(C)(C)C)cc1S(=O)(=O)N(C)C. The van der Waals surface area contributed by atoms with Gasteiger partial charge in [0, 0.05) is 25.3 Å². The zero-order valence-electron chi connectivity index (χ0n) is 13.3. The molecule has 0 bridgehead atoms. The molecule has 0 fully saturated rings. The van der Waals surface area contributed by atoms with E-state index >= 15 is 0 Å². The summed E-state index contributed by atoms with van der Waals surface area (Å²) in [6, 6.07) is 4.43. The molecule has 0 atom stereocenters. The van der Waals surface area contributed by atoms with Crippen LogP contribution in [0.15, 0.2) is 23.1 Å². The summed E-state index contributed by atoms with van der Waals surface area (Å²) in [4.78, 5) is 12.0. The second kappa shape index (κ2) is 6.03. The normalized spacial score (nSPS) is 12.3. The second-order valence-corrected chi connectivity index (χ2v) is 8.22. The van der Waals surface area contributed by atoms with Crippen molar-refractivity contribution in [2.24, 2.45) is 0 Å². The lowest BCUT2D eigenvalue weighted by atomic mass is 10.1. The second-order valence-electron chi connectivity index (χ2n) is 6.10. The van der Waals surface area contributed by atoms with E-state index in [1.165, 1.54) is 20.2 Å². The van der Waals surface area contributed by atoms with E-state index in [1.54, 1.807) is 19.1 Å². The van der Waals surface area contributed by atoms with Crippen molar-refractivity contribution in [2.45, 2.75) is 38.1 Å². The summed E-state index contributed by atoms with van der Waals surface area (Å²) in [7, 11) is -0.593. The number of benzene rings is 1. The first-order chi connectivity index (χ1) is 9.43. The molecular formula is C14H23N3O3S. The highest BCUT2D eigenvalue weighted by atomic mass is 32.2. The Bertz CT molecular complexity index is 631. The van der Waals surface area contributed by atoms with Gasteiger partial charge in [-0.15, -0.1) is 0 Å². The zero-order valence-corrected chi connectivity index (χ0v) is 14.1. The molecule has 1 aromatic rings. The Morgan fingerprint density at radius 1 is 1.19 bits per heavy atom. The number of hydrogen-bond donors (Lipinski definition) is 2. The molecule has 0 radical (unpaired) electrons. The van der Waals surface area contributed by atoms with Crippen LogP contribution in [0.1, 0.15) is 26.3 Å². The molecule has 0 unspecified atom stereocenters. The number of aryl methyl sites for hydroxylation is 1. The molecule has 6 nitrogen and oxygen atoms in total. The number of nitrogens with one attached hydrogen (secondary N) is 2. The maximum atomic E-state index is 12.2. The molecule has 1 rings (SSSR count). The topological polar surface area (TPSA) is 78.5 Å². The quantitative estimate of drug-likeness (QED) is 0.897. The Balaban J connectivity index is 3.06. The minimum absolute atomic E-state index is 0.182. The summed E-state index contributed by atoms with van der Waals surface area (Å²) in [6.45, 7) is 7.31. The molecule has 0 aliphatic carbocycles. The smallest absolute Gasteiger partial charge is 0.319 e. The molecule has 0 aliphatic rings. The fourth-order valence-electron chi connectivity index (χ4n) is 1.66. The van der Waals surface area contributed by atoms with E-state index < -0.39 is 10.0 Å². The van der Waals surface area contributed by atoms with Crippen molar-refractivity contribution in [1.29, 1.82) is 0 Å². The van der Waals surface area contributed by atoms with Crippen LogP contribution in [0.4, 0.5) is 10.5 Å². The standard InChI is InChI=1S/C14H23N3O3S/c1-10-7-8-11(15-13(18)16-14(2,3)4)9-12(10)21(19,20)17(5)6/h7-9H,1-6H3,(H2,15,16,18). The van der Waals surface area contributed by atoms with Crippen LogP contribution in [-0.4, -0.2) is 38.4 Å². The van der Waals surface area contributed by atoms with Gasteiger partial charge in [0.1, 0.15) is 0 Å². The molecule has 21 heavy (non-hydrogen) atoms. The number of urea groups is 1. The molecule has 0 aliphatic heterocycles. The Kier molecular flexibility index (Phi) is 5.01. The summed E-state index contributed by atoms with van der Waals surface area (Å²) in [5.41, 5.74) is 0.695. The van der Waals surface area contributed by atoms with E-state index in [0.717, 1.165) is 4.31 Å². The maximum absolute atomic E-state index is 12.2. The highest BCUT2D eigenvalue weighted by Gasteiger charge is 2.21. The van der Waals surface area contributed by atoms with Crippen LogP contribution in [0.5, 0.6) is 0 Å². The van der Waals surface area contributed by atoms with E-state index in [4.69, 9.17) is 0 Å². The lowest BCUT2D eigenvalue weighted by Gasteiger charge is -2.21. The van der Waals surface area contributed by atoms with Gasteiger partial charge in [0.2, 0.25) is 10.0 Å². The molecule has 2 amide bonds. The van der Waals surface area contributed by atoms with Crippen LogP contribution >= 0.6 is 0 Å². The highest BCUT2D eigenvalue weighted by molar-refractivity contribution is 7.89. The molecule has 0 spiro atoms. The number of amides is 2. The number of sulfonamides is 1. The zero-order chi connectivity index (χ0) is 16.4. The number of carbonyl (C=O) groups excluding carboxylic acids is 1. The van der Waals surface area contributed by atoms with E-state index in [1.807, 2.05) is 20.8 Å². The Morgan fingerprint density at radius 3 is 2.24 bits per heavy atom. The third-order valence-electron chi connectivity index (χ3n) is 2.69. The lowest BCUT2D eigenvalue weighted by Crippen LogP contribution is -2.43. The van der Waals surface area contributed by atoms with Crippen LogP contribution in [0, 0.1) is 6.92 Å². The number of nitrogens with zero attached hydrogens (tertiary/aromatic N) is 1. The minimum Gasteiger partial charge on any atom is -0.333 e. The molecule has 0 heterocycles. The summed E-state index contributed by atoms with van der Waals surface area (Å²) < 4.78 is 25.6. The fourth-order valence-corrected chi connectivity index (χ4v) is 2.80. The summed E-state index contributed by atoms with van der Waals surface area (Å²) >= 11 is 0. The summed E-state index contributed by atoms with van der Waals surface area (Å²) in [5.74, 6) is 0. The van der Waals surface area contributed by atoms with Gasteiger partial charge < -0.3 is 10.6 Å². The molecule has 0 saturated carbocycles. The molecule has 2 N–H and O–H groups in total. The van der Waals surface area contributed by atoms with Crippen molar-refractivity contribution in [3.63, 3.8) is 0 Å². The first-order valence-corrected chi connectivity index (χ1v) is 8.00.